The van der Waals surface area contributed by atoms with Crippen LogP contribution in [0.5, 0.6) is 0 Å². The van der Waals surface area contributed by atoms with Crippen LogP contribution < -0.4 is 26.2 Å². The molecule has 15 aromatic carbocycles. The number of aromatic nitrogens is 5. The van der Waals surface area contributed by atoms with Crippen molar-refractivity contribution in [3.05, 3.63) is 361 Å². The van der Waals surface area contributed by atoms with Gasteiger partial charge in [0.25, 0.3) is 6.71 Å². The van der Waals surface area contributed by atoms with Gasteiger partial charge in [-0.2, -0.15) is 0 Å². The molecule has 18 aromatic rings. The number of rotatable bonds is 11. The topological polar surface area (TPSA) is 55.0 Å². The molecule has 20 rings (SSSR count). The number of hydrogen-bond donors (Lipinski definition) is 0. The standard InChI is InChI=1S/C109H92BN7/c1-106(2,3)76-58-74(59-77(62-76)107(4,5)6)75-60-98-100-99(61-75)117(102-88(71-40-22-15-23-41-71)65-79(109(10,11)12)66-89(102)105-112-103(72-42-24-16-25-43-72)111-104(113-105)73-44-26-17-27-45-73)97-68-81(115-94-52-34-30-48-84(94)85-49-31-35-53-95(85)115)55-57-91(97)110(100)90-56-54-80(114-92-50-32-28-46-82(92)83-47-29-33-51-93(83)114)67-96(90)116(98)101-86(69-36-18-13-19-37-69)63-78(108(7,8)9)64-87(101)70-38-20-14-21-39-70/h13-68H,1-12H3/i16D,17D,24D,25D,26D,27D,28D,29D,30D,31D,32D,33D,34D,35D,42D,43D,44D,46D,47D,48D,49D,50D,51D,52D,53D. The minimum Gasteiger partial charge on any atom is -0.310 e. The van der Waals surface area contributed by atoms with Crippen LogP contribution in [0.2, 0.25) is 0 Å². The van der Waals surface area contributed by atoms with Gasteiger partial charge < -0.3 is 18.9 Å². The summed E-state index contributed by atoms with van der Waals surface area (Å²) in [5, 5.41) is -0.742. The van der Waals surface area contributed by atoms with Gasteiger partial charge in [-0.15, -0.1) is 0 Å². The third kappa shape index (κ3) is 12.5. The van der Waals surface area contributed by atoms with E-state index in [9.17, 15) is 31.5 Å². The van der Waals surface area contributed by atoms with Gasteiger partial charge in [0.1, 0.15) is 0 Å². The van der Waals surface area contributed by atoms with Crippen LogP contribution in [0.1, 0.15) is 140 Å². The van der Waals surface area contributed by atoms with E-state index in [1.165, 1.54) is 9.13 Å². The number of fused-ring (bicyclic) bond motifs is 10. The number of nitrogens with zero attached hydrogens (tertiary/aromatic N) is 7. The first kappa shape index (κ1) is 50.0. The highest BCUT2D eigenvalue weighted by atomic mass is 15.2. The van der Waals surface area contributed by atoms with Crippen LogP contribution in [0, 0.1) is 0 Å². The predicted molar refractivity (Wildman–Crippen MR) is 495 cm³/mol. The average molecular weight is 1540 g/mol. The lowest BCUT2D eigenvalue weighted by Crippen LogP contribution is -2.61. The van der Waals surface area contributed by atoms with Crippen LogP contribution in [-0.2, 0) is 21.7 Å². The van der Waals surface area contributed by atoms with Gasteiger partial charge in [0.15, 0.2) is 17.5 Å². The van der Waals surface area contributed by atoms with Crippen molar-refractivity contribution in [2.45, 2.75) is 105 Å². The maximum atomic E-state index is 10.1. The zero-order chi connectivity index (χ0) is 102. The molecule has 0 atom stereocenters. The van der Waals surface area contributed by atoms with E-state index in [1.807, 2.05) is 142 Å². The SMILES string of the molecule is [2H]c1cc(-c2nc(-c3cc(C(C)(C)C)cc(-c4ccccc4)c3N3c4cc(-n5c6c([2H])c([2H])c([2H])c([2H])c6c6c([2H])c([2H])c([2H])c([2H])c65)ccc4B4c5ccc(-n6c7c([2H])c([2H])c([2H])c([2H])c7c7c([2H])c([2H])c([2H])c([2H])c76)cc5N(c5c(-c6ccccc6)cc(C(C)(C)C)cc5-c5ccccc5)c5cc(-c6cc(C(C)(C)C)cc(C(C)(C)C)c6)cc3c54)nc(-c3c([2H])c([2H])c([2H])c([2H])c3[2H])n2)c([2H])c([2H])c1[2H]. The Labute approximate surface area is 722 Å². The lowest BCUT2D eigenvalue weighted by molar-refractivity contribution is 0.569. The predicted octanol–water partition coefficient (Wildman–Crippen LogP) is 27.0. The summed E-state index contributed by atoms with van der Waals surface area (Å²) < 4.78 is 241. The molecule has 5 heterocycles. The third-order valence-electron chi connectivity index (χ3n) is 22.7. The van der Waals surface area contributed by atoms with E-state index < -0.39 is 197 Å². The summed E-state index contributed by atoms with van der Waals surface area (Å²) in [6.07, 6.45) is 0. The summed E-state index contributed by atoms with van der Waals surface area (Å²) in [4.78, 5) is 20.0. The van der Waals surface area contributed by atoms with Crippen LogP contribution in [0.15, 0.2) is 339 Å². The van der Waals surface area contributed by atoms with Crippen molar-refractivity contribution in [2.24, 2.45) is 0 Å². The molecule has 0 aliphatic carbocycles. The van der Waals surface area contributed by atoms with E-state index in [2.05, 4.69) is 115 Å². The molecular formula is C109H92BN7. The second-order valence-corrected chi connectivity index (χ2v) is 34.2. The number of anilines is 6. The number of hydrogen-bond acceptors (Lipinski definition) is 5. The van der Waals surface area contributed by atoms with E-state index in [1.54, 1.807) is 18.2 Å². The molecule has 2 aliphatic heterocycles. The Morgan fingerprint density at radius 3 is 1.01 bits per heavy atom. The molecule has 566 valence electrons. The summed E-state index contributed by atoms with van der Waals surface area (Å²) in [6, 6.07) is 44.8. The summed E-state index contributed by atoms with van der Waals surface area (Å²) in [6.45, 7) is 24.2. The molecule has 0 amide bonds. The normalized spacial score (nSPS) is 15.9. The zero-order valence-electron chi connectivity index (χ0n) is 91.6. The average Bonchev–Trinajstić information content (AvgIpc) is 0.791. The summed E-state index contributed by atoms with van der Waals surface area (Å²) in [5.41, 5.74) is 9.41. The highest BCUT2D eigenvalue weighted by molar-refractivity contribution is 7.00. The van der Waals surface area contributed by atoms with Crippen LogP contribution in [0.4, 0.5) is 34.1 Å². The van der Waals surface area contributed by atoms with Gasteiger partial charge in [-0.3, -0.25) is 0 Å². The molecule has 0 N–H and O–H groups in total. The Balaban J connectivity index is 1.06. The Kier molecular flexibility index (Phi) is 11.8. The Hall–Kier alpha value is -13.4. The van der Waals surface area contributed by atoms with E-state index >= 15 is 0 Å². The van der Waals surface area contributed by atoms with Gasteiger partial charge >= 0.3 is 0 Å². The zero-order valence-corrected chi connectivity index (χ0v) is 66.6. The molecule has 7 nitrogen and oxygen atoms in total. The molecular weight excluding hydrogens is 1420 g/mol. The molecule has 0 radical (unpaired) electrons. The smallest absolute Gasteiger partial charge is 0.252 e. The van der Waals surface area contributed by atoms with E-state index in [-0.39, 0.29) is 83.3 Å². The largest absolute Gasteiger partial charge is 0.310 e. The van der Waals surface area contributed by atoms with Crippen molar-refractivity contribution in [3.63, 3.8) is 0 Å². The van der Waals surface area contributed by atoms with Crippen molar-refractivity contribution in [1.29, 1.82) is 0 Å². The first-order chi connectivity index (χ1) is 66.9. The first-order valence-electron chi connectivity index (χ1n) is 51.6. The molecule has 2 aliphatic rings. The van der Waals surface area contributed by atoms with Gasteiger partial charge in [-0.05, 0) is 173 Å². The maximum absolute atomic E-state index is 10.1. The fraction of sp³-hybridized carbons (Fsp3) is 0.147. The van der Waals surface area contributed by atoms with Gasteiger partial charge in [0, 0.05) is 89.0 Å². The minimum absolute atomic E-state index is 0.0945. The van der Waals surface area contributed by atoms with Crippen LogP contribution in [0.25, 0.3) is 134 Å². The fourth-order valence-corrected chi connectivity index (χ4v) is 16.7. The molecule has 0 spiro atoms. The Morgan fingerprint density at radius 1 is 0.265 bits per heavy atom. The molecule has 0 bridgehead atoms. The van der Waals surface area contributed by atoms with Crippen molar-refractivity contribution in [2.75, 3.05) is 9.80 Å². The maximum Gasteiger partial charge on any atom is 0.252 e. The van der Waals surface area contributed by atoms with Crippen LogP contribution in [-0.4, -0.2) is 30.8 Å². The molecule has 3 aromatic heterocycles. The van der Waals surface area contributed by atoms with Gasteiger partial charge in [0.2, 0.25) is 0 Å². The number of para-hydroxylation sites is 4. The molecule has 117 heavy (non-hydrogen) atoms. The molecule has 8 heteroatoms. The van der Waals surface area contributed by atoms with Crippen molar-refractivity contribution >= 4 is 101 Å². The Morgan fingerprint density at radius 2 is 0.598 bits per heavy atom. The summed E-state index contributed by atoms with van der Waals surface area (Å²) >= 11 is 0. The van der Waals surface area contributed by atoms with Gasteiger partial charge in [0.05, 0.1) is 67.7 Å². The van der Waals surface area contributed by atoms with E-state index in [0.29, 0.717) is 67.0 Å². The monoisotopic (exact) mass is 1530 g/mol. The van der Waals surface area contributed by atoms with E-state index in [4.69, 9.17) is 17.7 Å². The van der Waals surface area contributed by atoms with Crippen molar-refractivity contribution < 1.29 is 34.3 Å². The summed E-state index contributed by atoms with van der Waals surface area (Å²) in [5.74, 6) is -1.17. The van der Waals surface area contributed by atoms with E-state index in [0.717, 1.165) is 45.0 Å². The molecule has 0 fully saturated rings. The van der Waals surface area contributed by atoms with Crippen LogP contribution in [0.3, 0.4) is 0 Å². The second kappa shape index (κ2) is 27.7. The second-order valence-electron chi connectivity index (χ2n) is 34.2. The molecule has 0 unspecified atom stereocenters. The highest BCUT2D eigenvalue weighted by Crippen LogP contribution is 2.56. The molecule has 0 saturated carbocycles. The minimum atomic E-state index is -1.06. The Bertz CT molecular complexity index is 8320. The first-order valence-corrected chi connectivity index (χ1v) is 39.1. The lowest BCUT2D eigenvalue weighted by atomic mass is 9.33. The summed E-state index contributed by atoms with van der Waals surface area (Å²) in [7, 11) is 0. The highest BCUT2D eigenvalue weighted by Gasteiger charge is 2.47. The van der Waals surface area contributed by atoms with Crippen LogP contribution >= 0.6 is 0 Å². The van der Waals surface area contributed by atoms with Gasteiger partial charge in [-0.25, -0.2) is 15.0 Å². The van der Waals surface area contributed by atoms with Crippen molar-refractivity contribution in [3.8, 4) is 90.0 Å². The molecule has 0 saturated heterocycles. The fourth-order valence-electron chi connectivity index (χ4n) is 16.7. The van der Waals surface area contributed by atoms with Gasteiger partial charge in [-0.1, -0.05) is 337 Å². The lowest BCUT2D eigenvalue weighted by Gasteiger charge is -2.46. The quantitative estimate of drug-likeness (QED) is 0.121. The number of benzene rings is 15. The van der Waals surface area contributed by atoms with Crippen molar-refractivity contribution in [1.82, 2.24) is 24.1 Å². The third-order valence-corrected chi connectivity index (χ3v) is 22.7.